The lowest BCUT2D eigenvalue weighted by Crippen LogP contribution is -2.33. The summed E-state index contributed by atoms with van der Waals surface area (Å²) in [6.45, 7) is 8.08. The van der Waals surface area contributed by atoms with Crippen LogP contribution in [0.25, 0.3) is 5.57 Å². The zero-order valence-corrected chi connectivity index (χ0v) is 17.8. The summed E-state index contributed by atoms with van der Waals surface area (Å²) >= 11 is 6.22. The second-order valence-corrected chi connectivity index (χ2v) is 7.65. The van der Waals surface area contributed by atoms with Gasteiger partial charge < -0.3 is 10.1 Å². The highest BCUT2D eigenvalue weighted by Crippen LogP contribution is 2.33. The first kappa shape index (κ1) is 20.9. The third-order valence-corrected chi connectivity index (χ3v) is 5.07. The van der Waals surface area contributed by atoms with Gasteiger partial charge in [0.15, 0.2) is 0 Å². The van der Waals surface area contributed by atoms with Gasteiger partial charge >= 0.3 is 0 Å². The molecule has 1 aliphatic heterocycles. The van der Waals surface area contributed by atoms with E-state index in [1.807, 2.05) is 45.9 Å². The molecule has 2 amide bonds. The van der Waals surface area contributed by atoms with Crippen LogP contribution in [0.3, 0.4) is 0 Å². The van der Waals surface area contributed by atoms with Gasteiger partial charge in [-0.2, -0.15) is 0 Å². The zero-order valence-electron chi connectivity index (χ0n) is 17.1. The van der Waals surface area contributed by atoms with E-state index in [-0.39, 0.29) is 23.6 Å². The Labute approximate surface area is 176 Å². The molecule has 2 aromatic carbocycles. The third-order valence-electron chi connectivity index (χ3n) is 4.66. The van der Waals surface area contributed by atoms with Gasteiger partial charge in [0.05, 0.1) is 11.7 Å². The van der Waals surface area contributed by atoms with Crippen LogP contribution < -0.4 is 10.1 Å². The molecular weight excluding hydrogens is 388 g/mol. The van der Waals surface area contributed by atoms with Crippen LogP contribution in [0.15, 0.2) is 48.2 Å². The molecule has 0 unspecified atom stereocenters. The number of halogens is 1. The number of carbonyl (C=O) groups is 2. The number of hydrogen-bond acceptors (Lipinski definition) is 4. The molecule has 5 nitrogen and oxygen atoms in total. The van der Waals surface area contributed by atoms with E-state index in [2.05, 4.69) is 5.32 Å². The maximum absolute atomic E-state index is 13.1. The molecule has 0 bridgehead atoms. The maximum atomic E-state index is 13.1. The Morgan fingerprint density at radius 2 is 1.76 bits per heavy atom. The van der Waals surface area contributed by atoms with Crippen molar-refractivity contribution in [2.24, 2.45) is 0 Å². The van der Waals surface area contributed by atoms with Gasteiger partial charge in [-0.3, -0.25) is 14.5 Å². The van der Waals surface area contributed by atoms with Crippen LogP contribution in [0.4, 0.5) is 5.69 Å². The lowest BCUT2D eigenvalue weighted by atomic mass is 10.0. The Bertz CT molecular complexity index is 965. The number of anilines is 1. The summed E-state index contributed by atoms with van der Waals surface area (Å²) < 4.78 is 5.68. The van der Waals surface area contributed by atoms with Crippen LogP contribution in [-0.4, -0.2) is 29.4 Å². The Morgan fingerprint density at radius 3 is 2.38 bits per heavy atom. The predicted octanol–water partition coefficient (Wildman–Crippen LogP) is 5.04. The Hall–Kier alpha value is -2.79. The van der Waals surface area contributed by atoms with Gasteiger partial charge in [0, 0.05) is 17.3 Å². The molecule has 1 N–H and O–H groups in total. The van der Waals surface area contributed by atoms with Gasteiger partial charge in [0.25, 0.3) is 11.8 Å². The second-order valence-electron chi connectivity index (χ2n) is 7.24. The van der Waals surface area contributed by atoms with E-state index < -0.39 is 0 Å². The standard InChI is InChI=1S/C23H25ClN2O3/c1-5-13-26-22(27)20(16-9-11-17(12-10-16)29-14(2)3)21(23(26)28)25-19-8-6-7-18(24)15(19)4/h6-12,14,25H,5,13H2,1-4H3. The van der Waals surface area contributed by atoms with E-state index >= 15 is 0 Å². The van der Waals surface area contributed by atoms with E-state index in [1.54, 1.807) is 24.3 Å². The van der Waals surface area contributed by atoms with Crippen molar-refractivity contribution in [1.82, 2.24) is 4.90 Å². The molecular formula is C23H25ClN2O3. The van der Waals surface area contributed by atoms with Crippen LogP contribution in [0.5, 0.6) is 5.75 Å². The fraction of sp³-hybridized carbons (Fsp3) is 0.304. The number of amides is 2. The van der Waals surface area contributed by atoms with Crippen molar-refractivity contribution in [2.45, 2.75) is 40.2 Å². The van der Waals surface area contributed by atoms with Crippen molar-refractivity contribution >= 4 is 34.7 Å². The van der Waals surface area contributed by atoms with Gasteiger partial charge in [-0.15, -0.1) is 0 Å². The molecule has 2 aromatic rings. The molecule has 0 saturated carbocycles. The van der Waals surface area contributed by atoms with Crippen LogP contribution in [0, 0.1) is 6.92 Å². The number of imide groups is 1. The highest BCUT2D eigenvalue weighted by atomic mass is 35.5. The van der Waals surface area contributed by atoms with E-state index in [9.17, 15) is 9.59 Å². The molecule has 1 heterocycles. The second kappa shape index (κ2) is 8.70. The summed E-state index contributed by atoms with van der Waals surface area (Å²) in [6, 6.07) is 12.7. The molecule has 0 radical (unpaired) electrons. The molecule has 0 aliphatic carbocycles. The normalized spacial score (nSPS) is 14.2. The summed E-state index contributed by atoms with van der Waals surface area (Å²) in [5.41, 5.74) is 2.81. The number of hydrogen-bond donors (Lipinski definition) is 1. The molecule has 0 spiro atoms. The van der Waals surface area contributed by atoms with Gasteiger partial charge in [-0.05, 0) is 62.6 Å². The molecule has 1 aliphatic rings. The number of ether oxygens (including phenoxy) is 1. The van der Waals surface area contributed by atoms with E-state index in [4.69, 9.17) is 16.3 Å². The van der Waals surface area contributed by atoms with Crippen LogP contribution in [0.1, 0.15) is 38.3 Å². The zero-order chi connectivity index (χ0) is 21.1. The quantitative estimate of drug-likeness (QED) is 0.647. The minimum atomic E-state index is -0.325. The first-order valence-electron chi connectivity index (χ1n) is 9.73. The monoisotopic (exact) mass is 412 g/mol. The molecule has 152 valence electrons. The first-order valence-corrected chi connectivity index (χ1v) is 10.1. The van der Waals surface area contributed by atoms with Crippen LogP contribution in [-0.2, 0) is 9.59 Å². The Balaban J connectivity index is 2.04. The van der Waals surface area contributed by atoms with Crippen molar-refractivity contribution in [2.75, 3.05) is 11.9 Å². The van der Waals surface area contributed by atoms with Gasteiger partial charge in [0.1, 0.15) is 11.4 Å². The van der Waals surface area contributed by atoms with Crippen molar-refractivity contribution in [3.05, 3.63) is 64.3 Å². The molecule has 6 heteroatoms. The van der Waals surface area contributed by atoms with Crippen molar-refractivity contribution in [3.8, 4) is 5.75 Å². The first-order chi connectivity index (χ1) is 13.8. The topological polar surface area (TPSA) is 58.6 Å². The number of rotatable bonds is 7. The van der Waals surface area contributed by atoms with Gasteiger partial charge in [-0.1, -0.05) is 36.7 Å². The number of benzene rings is 2. The number of nitrogens with one attached hydrogen (secondary N) is 1. The highest BCUT2D eigenvalue weighted by Gasteiger charge is 2.38. The molecule has 29 heavy (non-hydrogen) atoms. The van der Waals surface area contributed by atoms with E-state index in [0.29, 0.717) is 40.6 Å². The van der Waals surface area contributed by atoms with Crippen molar-refractivity contribution < 1.29 is 14.3 Å². The van der Waals surface area contributed by atoms with E-state index in [0.717, 1.165) is 5.56 Å². The maximum Gasteiger partial charge on any atom is 0.278 e. The Kier molecular flexibility index (Phi) is 6.28. The van der Waals surface area contributed by atoms with Crippen LogP contribution in [0.2, 0.25) is 5.02 Å². The van der Waals surface area contributed by atoms with E-state index in [1.165, 1.54) is 4.90 Å². The summed E-state index contributed by atoms with van der Waals surface area (Å²) in [5.74, 6) is 0.0945. The lowest BCUT2D eigenvalue weighted by molar-refractivity contribution is -0.136. The fourth-order valence-electron chi connectivity index (χ4n) is 3.24. The lowest BCUT2D eigenvalue weighted by Gasteiger charge is -2.14. The summed E-state index contributed by atoms with van der Waals surface area (Å²) in [7, 11) is 0. The largest absolute Gasteiger partial charge is 0.491 e. The van der Waals surface area contributed by atoms with Crippen LogP contribution >= 0.6 is 11.6 Å². The average molecular weight is 413 g/mol. The average Bonchev–Trinajstić information content (AvgIpc) is 2.90. The highest BCUT2D eigenvalue weighted by molar-refractivity contribution is 6.36. The summed E-state index contributed by atoms with van der Waals surface area (Å²) in [4.78, 5) is 27.4. The molecule has 0 fully saturated rings. The number of carbonyl (C=O) groups excluding carboxylic acids is 2. The third kappa shape index (κ3) is 4.30. The smallest absolute Gasteiger partial charge is 0.278 e. The summed E-state index contributed by atoms with van der Waals surface area (Å²) in [5, 5.41) is 3.76. The number of nitrogens with zero attached hydrogens (tertiary/aromatic N) is 1. The fourth-order valence-corrected chi connectivity index (χ4v) is 3.41. The minimum absolute atomic E-state index is 0.0535. The predicted molar refractivity (Wildman–Crippen MR) is 116 cm³/mol. The SMILES string of the molecule is CCCN1C(=O)C(Nc2cccc(Cl)c2C)=C(c2ccc(OC(C)C)cc2)C1=O. The molecule has 0 saturated heterocycles. The molecule has 0 atom stereocenters. The molecule has 0 aromatic heterocycles. The Morgan fingerprint density at radius 1 is 1.07 bits per heavy atom. The summed E-state index contributed by atoms with van der Waals surface area (Å²) in [6.07, 6.45) is 0.743. The van der Waals surface area contributed by atoms with Crippen molar-refractivity contribution in [3.63, 3.8) is 0 Å². The van der Waals surface area contributed by atoms with Crippen molar-refractivity contribution in [1.29, 1.82) is 0 Å². The van der Waals surface area contributed by atoms with Gasteiger partial charge in [-0.25, -0.2) is 0 Å². The van der Waals surface area contributed by atoms with Gasteiger partial charge in [0.2, 0.25) is 0 Å². The minimum Gasteiger partial charge on any atom is -0.491 e. The molecule has 3 rings (SSSR count).